The van der Waals surface area contributed by atoms with Gasteiger partial charge in [0.2, 0.25) is 0 Å². The standard InChI is InChI=1S/CH5O4P.4CH4O.9CH4.4BHO.4B/c1-5-6(2,3)4;4*1-2;;;;;;;;;;4*1-2;;;;/h1H3,(H2,2,3,4);4*2H,1H3;9*1H4;4*2H;;;;. The fraction of sp³-hybridized carbons (Fsp3) is 1.00. The van der Waals surface area contributed by atoms with Crippen LogP contribution in [-0.4, -0.2) is 152 Å². The molecule has 0 aromatic rings. The second kappa shape index (κ2) is 712. The summed E-state index contributed by atoms with van der Waals surface area (Å²) >= 11 is 0. The summed E-state index contributed by atoms with van der Waals surface area (Å²) in [5.41, 5.74) is 0. The van der Waals surface area contributed by atoms with E-state index in [0.717, 1.165) is 35.5 Å². The summed E-state index contributed by atoms with van der Waals surface area (Å²) in [6.45, 7) is 0. The minimum atomic E-state index is -4.15. The Bertz CT molecular complexity index is 123. The second-order valence-electron chi connectivity index (χ2n) is 0.673. The lowest BCUT2D eigenvalue weighted by atomic mass is 10.6. The summed E-state index contributed by atoms with van der Waals surface area (Å²) in [5.74, 6) is 0. The molecule has 0 fully saturated rings. The third kappa shape index (κ3) is 3270. The van der Waals surface area contributed by atoms with Crippen LogP contribution in [0.25, 0.3) is 0 Å². The highest BCUT2D eigenvalue weighted by Crippen LogP contribution is 2.33. The van der Waals surface area contributed by atoms with Gasteiger partial charge in [-0.3, -0.25) is 4.52 Å². The lowest BCUT2D eigenvalue weighted by Gasteiger charge is -1.93. The number of hydrogen-bond donors (Lipinski definition) is 10. The first-order valence-electron chi connectivity index (χ1n) is 4.00. The summed E-state index contributed by atoms with van der Waals surface area (Å²) in [5, 5.41) is 54.0. The van der Waals surface area contributed by atoms with Gasteiger partial charge in [-0.15, -0.1) is 0 Å². The lowest BCUT2D eigenvalue weighted by Crippen LogP contribution is -1.76. The van der Waals surface area contributed by atoms with E-state index in [0.29, 0.717) is 0 Å². The molecule has 0 amide bonds. The number of rotatable bonds is 1. The molecule has 0 unspecified atom stereocenters. The quantitative estimate of drug-likeness (QED) is 0.137. The Kier molecular flexibility index (Phi) is 4780. The molecule has 0 bridgehead atoms. The van der Waals surface area contributed by atoms with Crippen molar-refractivity contribution in [1.29, 1.82) is 0 Å². The van der Waals surface area contributed by atoms with E-state index in [4.69, 9.17) is 50.3 Å². The largest absolute Gasteiger partial charge is 0.469 e. The third-order valence-electron chi connectivity index (χ3n) is 0.238. The maximum Gasteiger partial charge on any atom is 0.469 e. The molecular weight excluding hydrogens is 478 g/mol. The summed E-state index contributed by atoms with van der Waals surface area (Å²) in [6, 6.07) is 0. The lowest BCUT2D eigenvalue weighted by molar-refractivity contribution is 0.235. The zero-order valence-corrected chi connectivity index (χ0v) is 16.2. The molecule has 21 heteroatoms. The third-order valence-corrected chi connectivity index (χ3v) is 0.714. The average Bonchev–Trinajstić information content (AvgIpc) is 2.68. The second-order valence-corrected chi connectivity index (χ2v) is 2.02. The van der Waals surface area contributed by atoms with Gasteiger partial charge < -0.3 is 50.3 Å². The van der Waals surface area contributed by atoms with Gasteiger partial charge in [-0.05, 0) is 0 Å². The first-order chi connectivity index (χ1) is 10.6. The van der Waals surface area contributed by atoms with Crippen molar-refractivity contribution in [2.24, 2.45) is 0 Å². The van der Waals surface area contributed by atoms with Crippen molar-refractivity contribution >= 4 is 73.7 Å². The molecule has 218 valence electrons. The van der Waals surface area contributed by atoms with E-state index in [1.807, 2.05) is 0 Å². The first-order valence-corrected chi connectivity index (χ1v) is 5.53. The number of hydrogen-bond acceptors (Lipinski definition) is 10. The molecule has 0 atom stereocenters. The van der Waals surface area contributed by atoms with E-state index in [2.05, 4.69) is 36.7 Å². The van der Waals surface area contributed by atoms with Crippen LogP contribution in [0.1, 0.15) is 66.8 Å². The summed E-state index contributed by atoms with van der Waals surface area (Å²) in [6.07, 6.45) is 0. The SMILES string of the molecule is C.C.C.C.C.C.C.C.C.CO.CO.CO.CO.COP(=O)(O)O.[B].[B].[B].[B].[B]O.[B]O.[B]O.[B]O. The first kappa shape index (κ1) is 235. The van der Waals surface area contributed by atoms with E-state index in [1.54, 1.807) is 0 Å². The maximum atomic E-state index is 9.47. The van der Waals surface area contributed by atoms with Gasteiger partial charge in [-0.25, -0.2) is 4.57 Å². The molecule has 20 radical (unpaired) electrons. The normalized spacial score (nSPS) is 3.29. The van der Waals surface area contributed by atoms with Crippen molar-refractivity contribution in [3.63, 3.8) is 0 Å². The van der Waals surface area contributed by atoms with Crippen LogP contribution in [0.2, 0.25) is 0 Å². The number of phosphoric acid groups is 1. The van der Waals surface area contributed by atoms with E-state index in [-0.39, 0.29) is 100 Å². The fourth-order valence-corrected chi connectivity index (χ4v) is 0. The van der Waals surface area contributed by atoms with Gasteiger partial charge >= 0.3 is 7.82 Å². The van der Waals surface area contributed by atoms with Crippen molar-refractivity contribution in [3.05, 3.63) is 0 Å². The van der Waals surface area contributed by atoms with Crippen molar-refractivity contribution in [3.8, 4) is 0 Å². The smallest absolute Gasteiger partial charge is 0.461 e. The zero-order chi connectivity index (χ0) is 21.2. The van der Waals surface area contributed by atoms with Gasteiger partial charge in [-0.1, -0.05) is 66.8 Å². The molecule has 0 spiro atoms. The van der Waals surface area contributed by atoms with Gasteiger partial charge in [0.15, 0.2) is 0 Å². The van der Waals surface area contributed by atoms with E-state index < -0.39 is 7.82 Å². The number of aliphatic hydroxyl groups is 4. The van der Waals surface area contributed by atoms with E-state index in [9.17, 15) is 4.57 Å². The van der Waals surface area contributed by atoms with Gasteiger partial charge in [-0.2, -0.15) is 0 Å². The van der Waals surface area contributed by atoms with Crippen LogP contribution in [-0.2, 0) is 9.09 Å². The monoisotopic (exact) mass is 540 g/mol. The van der Waals surface area contributed by atoms with Crippen LogP contribution >= 0.6 is 7.82 Å². The molecule has 0 aromatic carbocycles. The van der Waals surface area contributed by atoms with Gasteiger partial charge in [0.05, 0.1) is 0 Å². The van der Waals surface area contributed by atoms with Crippen molar-refractivity contribution in [1.82, 2.24) is 0 Å². The van der Waals surface area contributed by atoms with E-state index in [1.165, 1.54) is 0 Å². The molecule has 0 aliphatic rings. The molecule has 12 nitrogen and oxygen atoms in total. The molecule has 0 saturated heterocycles. The maximum absolute atomic E-state index is 9.47. The van der Waals surface area contributed by atoms with Gasteiger partial charge in [0, 0.05) is 69.2 Å². The number of phosphoric ester groups is 1. The summed E-state index contributed by atoms with van der Waals surface area (Å²) < 4.78 is 13.1. The highest BCUT2D eigenvalue weighted by atomic mass is 31.2. The summed E-state index contributed by atoms with van der Waals surface area (Å²) in [4.78, 5) is 15.4. The Morgan fingerprint density at radius 1 is 0.429 bits per heavy atom. The Balaban J connectivity index is -0.00000000270. The molecule has 10 N–H and O–H groups in total. The van der Waals surface area contributed by atoms with Crippen LogP contribution in [0.4, 0.5) is 0 Å². The van der Waals surface area contributed by atoms with Crippen LogP contribution < -0.4 is 0 Å². The Labute approximate surface area is 235 Å². The fourth-order valence-electron chi connectivity index (χ4n) is 0. The average molecular weight is 539 g/mol. The molecular formula is C14H61B8O12P. The predicted octanol–water partition coefficient (Wildman–Crippen LogP) is -1.39. The van der Waals surface area contributed by atoms with Gasteiger partial charge in [0.1, 0.15) is 0 Å². The minimum Gasteiger partial charge on any atom is -0.461 e. The topological polar surface area (TPSA) is 229 Å². The zero-order valence-electron chi connectivity index (χ0n) is 15.4. The van der Waals surface area contributed by atoms with Crippen molar-refractivity contribution < 1.29 is 59.4 Å². The van der Waals surface area contributed by atoms with Crippen molar-refractivity contribution in [2.75, 3.05) is 35.5 Å². The molecule has 35 heavy (non-hydrogen) atoms. The van der Waals surface area contributed by atoms with Gasteiger partial charge in [0.25, 0.3) is 32.2 Å². The van der Waals surface area contributed by atoms with Crippen LogP contribution in [0, 0.1) is 0 Å². The highest BCUT2D eigenvalue weighted by Gasteiger charge is 2.07. The van der Waals surface area contributed by atoms with Crippen LogP contribution in [0.5, 0.6) is 0 Å². The minimum absolute atomic E-state index is 0. The van der Waals surface area contributed by atoms with Crippen molar-refractivity contribution in [2.45, 2.75) is 66.8 Å². The van der Waals surface area contributed by atoms with Crippen LogP contribution in [0.3, 0.4) is 0 Å². The number of aliphatic hydroxyl groups excluding tert-OH is 4. The predicted molar refractivity (Wildman–Crippen MR) is 167 cm³/mol. The molecule has 0 aliphatic carbocycles. The van der Waals surface area contributed by atoms with Crippen LogP contribution in [0.15, 0.2) is 0 Å². The Morgan fingerprint density at radius 2 is 0.457 bits per heavy atom. The summed E-state index contributed by atoms with van der Waals surface area (Å²) in [7, 11) is 14.8. The molecule has 0 aromatic heterocycles. The Hall–Kier alpha value is 0.309. The van der Waals surface area contributed by atoms with E-state index >= 15 is 0 Å². The molecule has 0 heterocycles. The molecule has 0 rings (SSSR count). The molecule has 0 aliphatic heterocycles. The molecule has 0 saturated carbocycles. The highest BCUT2D eigenvalue weighted by molar-refractivity contribution is 7.46. The Morgan fingerprint density at radius 3 is 0.457 bits per heavy atom.